The smallest absolute Gasteiger partial charge is 0.276 e. The number of nitrogens with one attached hydrogen (secondary N) is 1. The summed E-state index contributed by atoms with van der Waals surface area (Å²) in [6, 6.07) is 19.6. The average Bonchev–Trinajstić information content (AvgIpc) is 2.69. The first-order chi connectivity index (χ1) is 12.7. The van der Waals surface area contributed by atoms with E-state index in [-0.39, 0.29) is 5.91 Å². The zero-order valence-corrected chi connectivity index (χ0v) is 14.6. The molecule has 3 aromatic rings. The number of carbonyl (C=O) groups excluding carboxylic acids is 1. The first-order valence-electron chi connectivity index (χ1n) is 8.78. The molecule has 0 saturated carbocycles. The van der Waals surface area contributed by atoms with Crippen molar-refractivity contribution in [3.63, 3.8) is 0 Å². The third-order valence-electron chi connectivity index (χ3n) is 4.58. The highest BCUT2D eigenvalue weighted by Gasteiger charge is 2.19. The molecule has 1 aliphatic rings. The third kappa shape index (κ3) is 3.28. The lowest BCUT2D eigenvalue weighted by atomic mass is 10.0. The topological polar surface area (TPSA) is 58.1 Å². The van der Waals surface area contributed by atoms with Crippen molar-refractivity contribution >= 4 is 23.1 Å². The summed E-state index contributed by atoms with van der Waals surface area (Å²) in [7, 11) is 0. The van der Waals surface area contributed by atoms with Crippen LogP contribution in [0.2, 0.25) is 0 Å². The molecule has 0 bridgehead atoms. The Morgan fingerprint density at radius 3 is 2.58 bits per heavy atom. The predicted molar refractivity (Wildman–Crippen MR) is 103 cm³/mol. The highest BCUT2D eigenvalue weighted by molar-refractivity contribution is 6.02. The van der Waals surface area contributed by atoms with Crippen LogP contribution >= 0.6 is 0 Å². The zero-order valence-electron chi connectivity index (χ0n) is 14.6. The summed E-state index contributed by atoms with van der Waals surface area (Å²) in [6.45, 7) is 2.91. The van der Waals surface area contributed by atoms with E-state index in [0.717, 1.165) is 36.5 Å². The van der Waals surface area contributed by atoms with Gasteiger partial charge in [-0.1, -0.05) is 35.9 Å². The molecule has 1 aliphatic heterocycles. The molecule has 0 atom stereocenters. The Morgan fingerprint density at radius 1 is 1.00 bits per heavy atom. The molecule has 1 amide bonds. The Balaban J connectivity index is 1.52. The van der Waals surface area contributed by atoms with Crippen LogP contribution in [0.1, 0.15) is 28.0 Å². The van der Waals surface area contributed by atoms with Crippen molar-refractivity contribution in [3.05, 3.63) is 77.5 Å². The molecule has 0 fully saturated rings. The molecule has 0 spiro atoms. The lowest BCUT2D eigenvalue weighted by molar-refractivity contribution is 0.102. The zero-order chi connectivity index (χ0) is 17.9. The third-order valence-corrected chi connectivity index (χ3v) is 4.58. The summed E-state index contributed by atoms with van der Waals surface area (Å²) < 4.78 is 0. The molecule has 2 aromatic carbocycles. The summed E-state index contributed by atoms with van der Waals surface area (Å²) in [5, 5.41) is 11.3. The number of hydrogen-bond donors (Lipinski definition) is 1. The molecular formula is C21H20N4O. The monoisotopic (exact) mass is 344 g/mol. The highest BCUT2D eigenvalue weighted by Crippen LogP contribution is 2.31. The highest BCUT2D eigenvalue weighted by atomic mass is 16.1. The summed E-state index contributed by atoms with van der Waals surface area (Å²) >= 11 is 0. The number of nitrogens with zero attached hydrogens (tertiary/aromatic N) is 3. The Bertz CT molecular complexity index is 920. The minimum Gasteiger partial charge on any atom is -0.325 e. The number of rotatable bonds is 3. The van der Waals surface area contributed by atoms with Gasteiger partial charge in [0, 0.05) is 17.9 Å². The fourth-order valence-electron chi connectivity index (χ4n) is 3.19. The normalized spacial score (nSPS) is 13.2. The first kappa shape index (κ1) is 16.3. The lowest BCUT2D eigenvalue weighted by Gasteiger charge is -2.29. The van der Waals surface area contributed by atoms with E-state index in [4.69, 9.17) is 0 Å². The minimum atomic E-state index is -0.257. The van der Waals surface area contributed by atoms with E-state index in [1.165, 1.54) is 11.3 Å². The number of amides is 1. The number of hydrogen-bond acceptors (Lipinski definition) is 4. The van der Waals surface area contributed by atoms with E-state index in [0.29, 0.717) is 5.69 Å². The molecule has 4 rings (SSSR count). The van der Waals surface area contributed by atoms with E-state index in [1.54, 1.807) is 6.07 Å². The number of carbonyl (C=O) groups is 1. The van der Waals surface area contributed by atoms with Gasteiger partial charge in [-0.2, -0.15) is 0 Å². The molecule has 5 nitrogen and oxygen atoms in total. The van der Waals surface area contributed by atoms with Gasteiger partial charge in [0.25, 0.3) is 5.91 Å². The van der Waals surface area contributed by atoms with Crippen molar-refractivity contribution in [2.75, 3.05) is 16.8 Å². The van der Waals surface area contributed by atoms with Crippen LogP contribution < -0.4 is 10.2 Å². The Kier molecular flexibility index (Phi) is 4.35. The van der Waals surface area contributed by atoms with Gasteiger partial charge in [-0.05, 0) is 55.7 Å². The maximum atomic E-state index is 12.4. The second-order valence-electron chi connectivity index (χ2n) is 6.48. The molecule has 0 aliphatic carbocycles. The van der Waals surface area contributed by atoms with Crippen molar-refractivity contribution < 1.29 is 4.79 Å². The molecule has 0 saturated heterocycles. The predicted octanol–water partition coefficient (Wildman–Crippen LogP) is 4.12. The van der Waals surface area contributed by atoms with Crippen LogP contribution in [0.15, 0.2) is 60.7 Å². The van der Waals surface area contributed by atoms with Crippen LogP contribution in [0.4, 0.5) is 17.2 Å². The first-order valence-corrected chi connectivity index (χ1v) is 8.78. The molecule has 5 heteroatoms. The summed E-state index contributed by atoms with van der Waals surface area (Å²) in [6.07, 6.45) is 2.16. The van der Waals surface area contributed by atoms with Crippen molar-refractivity contribution in [1.82, 2.24) is 10.2 Å². The number of aryl methyl sites for hydroxylation is 2. The van der Waals surface area contributed by atoms with Crippen molar-refractivity contribution in [3.8, 4) is 0 Å². The molecule has 1 N–H and O–H groups in total. The average molecular weight is 344 g/mol. The lowest BCUT2D eigenvalue weighted by Crippen LogP contribution is -2.26. The number of para-hydroxylation sites is 1. The fourth-order valence-corrected chi connectivity index (χ4v) is 3.19. The maximum Gasteiger partial charge on any atom is 0.276 e. The Hall–Kier alpha value is -3.21. The van der Waals surface area contributed by atoms with E-state index in [9.17, 15) is 4.79 Å². The largest absolute Gasteiger partial charge is 0.325 e. The molecule has 0 unspecified atom stereocenters. The van der Waals surface area contributed by atoms with E-state index >= 15 is 0 Å². The van der Waals surface area contributed by atoms with Crippen LogP contribution in [-0.4, -0.2) is 22.6 Å². The minimum absolute atomic E-state index is 0.257. The van der Waals surface area contributed by atoms with E-state index < -0.39 is 0 Å². The van der Waals surface area contributed by atoms with Crippen LogP contribution in [0.25, 0.3) is 0 Å². The summed E-state index contributed by atoms with van der Waals surface area (Å²) in [5.41, 5.74) is 4.69. The molecule has 2 heterocycles. The van der Waals surface area contributed by atoms with Gasteiger partial charge in [0.1, 0.15) is 0 Å². The van der Waals surface area contributed by atoms with Gasteiger partial charge in [-0.15, -0.1) is 10.2 Å². The van der Waals surface area contributed by atoms with E-state index in [2.05, 4.69) is 38.6 Å². The molecule has 26 heavy (non-hydrogen) atoms. The standard InChI is InChI=1S/C21H20N4O/c1-15-8-10-17(11-9-15)22-21(26)18-12-13-20(24-23-18)25-14-4-6-16-5-2-3-7-19(16)25/h2-3,5,7-13H,4,6,14H2,1H3,(H,22,26). The summed E-state index contributed by atoms with van der Waals surface area (Å²) in [4.78, 5) is 14.5. The Morgan fingerprint density at radius 2 is 1.81 bits per heavy atom. The number of fused-ring (bicyclic) bond motifs is 1. The van der Waals surface area contributed by atoms with Crippen molar-refractivity contribution in [2.45, 2.75) is 19.8 Å². The van der Waals surface area contributed by atoms with E-state index in [1.807, 2.05) is 43.3 Å². The van der Waals surface area contributed by atoms with Gasteiger partial charge in [-0.3, -0.25) is 4.79 Å². The van der Waals surface area contributed by atoms with Crippen LogP contribution in [0.3, 0.4) is 0 Å². The van der Waals surface area contributed by atoms with Gasteiger partial charge < -0.3 is 10.2 Å². The number of aromatic nitrogens is 2. The van der Waals surface area contributed by atoms with Crippen LogP contribution in [0, 0.1) is 6.92 Å². The van der Waals surface area contributed by atoms with Gasteiger partial charge in [0.2, 0.25) is 0 Å². The van der Waals surface area contributed by atoms with Gasteiger partial charge in [0.05, 0.1) is 0 Å². The van der Waals surface area contributed by atoms with Crippen LogP contribution in [0.5, 0.6) is 0 Å². The second kappa shape index (κ2) is 6.96. The second-order valence-corrected chi connectivity index (χ2v) is 6.48. The van der Waals surface area contributed by atoms with Gasteiger partial charge >= 0.3 is 0 Å². The van der Waals surface area contributed by atoms with Gasteiger partial charge in [-0.25, -0.2) is 0 Å². The van der Waals surface area contributed by atoms with Crippen LogP contribution in [-0.2, 0) is 6.42 Å². The number of anilines is 3. The molecule has 0 radical (unpaired) electrons. The fraction of sp³-hybridized carbons (Fsp3) is 0.190. The molecule has 130 valence electrons. The number of benzene rings is 2. The quantitative estimate of drug-likeness (QED) is 0.776. The SMILES string of the molecule is Cc1ccc(NC(=O)c2ccc(N3CCCc4ccccc43)nn2)cc1. The molecule has 1 aromatic heterocycles. The Labute approximate surface area is 152 Å². The molecular weight excluding hydrogens is 324 g/mol. The van der Waals surface area contributed by atoms with Crippen molar-refractivity contribution in [2.24, 2.45) is 0 Å². The maximum absolute atomic E-state index is 12.4. The van der Waals surface area contributed by atoms with Gasteiger partial charge in [0.15, 0.2) is 11.5 Å². The summed E-state index contributed by atoms with van der Waals surface area (Å²) in [5.74, 6) is 0.510. The van der Waals surface area contributed by atoms with Crippen molar-refractivity contribution in [1.29, 1.82) is 0 Å².